The van der Waals surface area contributed by atoms with Crippen LogP contribution in [0.2, 0.25) is 0 Å². The molecular weight excluding hydrogens is 204 g/mol. The maximum absolute atomic E-state index is 3.81. The molecule has 0 radical (unpaired) electrons. The molecule has 3 rings (SSSR count). The number of aryl methyl sites for hydroxylation is 1. The zero-order valence-corrected chi connectivity index (χ0v) is 9.95. The molecule has 0 unspecified atom stereocenters. The van der Waals surface area contributed by atoms with Crippen LogP contribution < -0.4 is 0 Å². The normalized spacial score (nSPS) is 12.0. The number of allylic oxidation sites excluding steroid dienone is 1. The molecule has 1 aliphatic rings. The average Bonchev–Trinajstić information content (AvgIpc) is 2.75. The van der Waals surface area contributed by atoms with Crippen LogP contribution >= 0.6 is 0 Å². The van der Waals surface area contributed by atoms with Crippen LogP contribution in [0, 0.1) is 0 Å². The minimum absolute atomic E-state index is 1.06. The van der Waals surface area contributed by atoms with E-state index < -0.39 is 0 Å². The summed E-state index contributed by atoms with van der Waals surface area (Å²) in [6.07, 6.45) is 5.27. The van der Waals surface area contributed by atoms with Gasteiger partial charge in [-0.3, -0.25) is 0 Å². The fraction of sp³-hybridized carbons (Fsp3) is 0.176. The molecule has 0 saturated carbocycles. The Bertz CT molecular complexity index is 564. The summed E-state index contributed by atoms with van der Waals surface area (Å²) < 4.78 is 0. The zero-order chi connectivity index (χ0) is 11.7. The van der Waals surface area contributed by atoms with E-state index in [2.05, 4.69) is 49.0 Å². The van der Waals surface area contributed by atoms with E-state index in [0.717, 1.165) is 19.3 Å². The second-order valence-corrected chi connectivity index (χ2v) is 4.60. The van der Waals surface area contributed by atoms with Gasteiger partial charge in [-0.15, -0.1) is 6.58 Å². The van der Waals surface area contributed by atoms with Crippen molar-refractivity contribution >= 4 is 0 Å². The van der Waals surface area contributed by atoms with Crippen molar-refractivity contribution in [3.8, 4) is 11.1 Å². The monoisotopic (exact) mass is 220 g/mol. The minimum atomic E-state index is 1.06. The first-order valence-corrected chi connectivity index (χ1v) is 6.20. The predicted octanol–water partition coefficient (Wildman–Crippen LogP) is 4.38. The van der Waals surface area contributed by atoms with E-state index in [-0.39, 0.29) is 0 Å². The molecule has 0 aromatic heterocycles. The summed E-state index contributed by atoms with van der Waals surface area (Å²) in [4.78, 5) is 0. The van der Waals surface area contributed by atoms with Gasteiger partial charge in [0.1, 0.15) is 0 Å². The Hall–Kier alpha value is -1.82. The largest absolute Gasteiger partial charge is 0.103 e. The van der Waals surface area contributed by atoms with Crippen molar-refractivity contribution in [1.82, 2.24) is 0 Å². The zero-order valence-electron chi connectivity index (χ0n) is 9.95. The van der Waals surface area contributed by atoms with Gasteiger partial charge in [0.2, 0.25) is 0 Å². The van der Waals surface area contributed by atoms with Crippen molar-refractivity contribution in [2.24, 2.45) is 0 Å². The highest BCUT2D eigenvalue weighted by Gasteiger charge is 2.19. The molecule has 17 heavy (non-hydrogen) atoms. The third kappa shape index (κ3) is 1.70. The molecule has 0 nitrogen and oxygen atoms in total. The first-order chi connectivity index (χ1) is 8.40. The van der Waals surface area contributed by atoms with Gasteiger partial charge >= 0.3 is 0 Å². The summed E-state index contributed by atoms with van der Waals surface area (Å²) in [6, 6.07) is 15.4. The van der Waals surface area contributed by atoms with Gasteiger partial charge in [-0.1, -0.05) is 48.5 Å². The van der Waals surface area contributed by atoms with Crippen molar-refractivity contribution in [1.29, 1.82) is 0 Å². The van der Waals surface area contributed by atoms with Gasteiger partial charge in [0.05, 0.1) is 0 Å². The van der Waals surface area contributed by atoms with Crippen LogP contribution in [0.4, 0.5) is 0 Å². The van der Waals surface area contributed by atoms with Gasteiger partial charge < -0.3 is 0 Å². The van der Waals surface area contributed by atoms with Gasteiger partial charge in [-0.25, -0.2) is 0 Å². The highest BCUT2D eigenvalue weighted by molar-refractivity contribution is 5.77. The van der Waals surface area contributed by atoms with Gasteiger partial charge in [-0.05, 0) is 47.1 Å². The highest BCUT2D eigenvalue weighted by atomic mass is 14.2. The number of benzene rings is 2. The molecule has 0 atom stereocenters. The van der Waals surface area contributed by atoms with Crippen LogP contribution in [-0.2, 0) is 12.8 Å². The third-order valence-electron chi connectivity index (χ3n) is 3.57. The molecule has 2 aromatic carbocycles. The van der Waals surface area contributed by atoms with E-state index in [4.69, 9.17) is 0 Å². The van der Waals surface area contributed by atoms with Crippen LogP contribution in [0.25, 0.3) is 11.1 Å². The number of rotatable bonds is 3. The smallest absolute Gasteiger partial charge is 0.00107 e. The summed E-state index contributed by atoms with van der Waals surface area (Å²) >= 11 is 0. The molecular formula is C17H16. The average molecular weight is 220 g/mol. The molecule has 84 valence electrons. The van der Waals surface area contributed by atoms with Crippen LogP contribution in [0.3, 0.4) is 0 Å². The van der Waals surface area contributed by atoms with E-state index in [1.807, 2.05) is 6.08 Å². The quantitative estimate of drug-likeness (QED) is 0.575. The Kier molecular flexibility index (Phi) is 2.56. The van der Waals surface area contributed by atoms with Crippen molar-refractivity contribution in [2.45, 2.75) is 19.3 Å². The van der Waals surface area contributed by atoms with Crippen molar-refractivity contribution in [3.05, 3.63) is 71.8 Å². The Balaban J connectivity index is 2.07. The topological polar surface area (TPSA) is 0 Å². The van der Waals surface area contributed by atoms with E-state index in [1.165, 1.54) is 27.8 Å². The fourth-order valence-corrected chi connectivity index (χ4v) is 2.72. The second kappa shape index (κ2) is 4.21. The third-order valence-corrected chi connectivity index (χ3v) is 3.57. The minimum Gasteiger partial charge on any atom is -0.103 e. The lowest BCUT2D eigenvalue weighted by Gasteiger charge is -2.07. The van der Waals surface area contributed by atoms with Crippen LogP contribution in [0.1, 0.15) is 23.1 Å². The SMILES string of the molecule is C=CCCc1cccc2c1Cc1ccccc1-2. The maximum atomic E-state index is 3.81. The van der Waals surface area contributed by atoms with Gasteiger partial charge in [-0.2, -0.15) is 0 Å². The Labute approximate surface area is 103 Å². The molecule has 0 amide bonds. The fourth-order valence-electron chi connectivity index (χ4n) is 2.72. The molecule has 0 N–H and O–H groups in total. The Morgan fingerprint density at radius 1 is 1.00 bits per heavy atom. The molecule has 1 aliphatic carbocycles. The Morgan fingerprint density at radius 3 is 2.71 bits per heavy atom. The molecule has 0 saturated heterocycles. The second-order valence-electron chi connectivity index (χ2n) is 4.60. The van der Waals surface area contributed by atoms with E-state index in [9.17, 15) is 0 Å². The molecule has 0 fully saturated rings. The van der Waals surface area contributed by atoms with Gasteiger partial charge in [0, 0.05) is 0 Å². The van der Waals surface area contributed by atoms with Gasteiger partial charge in [0.25, 0.3) is 0 Å². The molecule has 0 heterocycles. The van der Waals surface area contributed by atoms with Gasteiger partial charge in [0.15, 0.2) is 0 Å². The summed E-state index contributed by atoms with van der Waals surface area (Å²) in [5, 5.41) is 0. The summed E-state index contributed by atoms with van der Waals surface area (Å²) in [6.45, 7) is 3.81. The first-order valence-electron chi connectivity index (χ1n) is 6.20. The lowest BCUT2D eigenvalue weighted by Crippen LogP contribution is -1.92. The Morgan fingerprint density at radius 2 is 1.82 bits per heavy atom. The number of hydrogen-bond donors (Lipinski definition) is 0. The summed E-state index contributed by atoms with van der Waals surface area (Å²) in [5.41, 5.74) is 7.33. The lowest BCUT2D eigenvalue weighted by molar-refractivity contribution is 0.981. The summed E-state index contributed by atoms with van der Waals surface area (Å²) in [5.74, 6) is 0. The van der Waals surface area contributed by atoms with Crippen molar-refractivity contribution < 1.29 is 0 Å². The van der Waals surface area contributed by atoms with Crippen molar-refractivity contribution in [2.75, 3.05) is 0 Å². The van der Waals surface area contributed by atoms with E-state index in [0.29, 0.717) is 0 Å². The molecule has 2 aromatic rings. The molecule has 0 spiro atoms. The van der Waals surface area contributed by atoms with E-state index in [1.54, 1.807) is 0 Å². The first kappa shape index (κ1) is 10.3. The highest BCUT2D eigenvalue weighted by Crippen LogP contribution is 2.38. The van der Waals surface area contributed by atoms with E-state index >= 15 is 0 Å². The van der Waals surface area contributed by atoms with Crippen LogP contribution in [0.5, 0.6) is 0 Å². The molecule has 0 heteroatoms. The van der Waals surface area contributed by atoms with Crippen LogP contribution in [0.15, 0.2) is 55.1 Å². The molecule has 0 aliphatic heterocycles. The predicted molar refractivity (Wildman–Crippen MR) is 73.2 cm³/mol. The summed E-state index contributed by atoms with van der Waals surface area (Å²) in [7, 11) is 0. The standard InChI is InChI=1S/C17H16/c1-2-3-7-13-9-6-11-16-15-10-5-4-8-14(15)12-17(13)16/h2,4-6,8-11H,1,3,7,12H2. The molecule has 0 bridgehead atoms. The van der Waals surface area contributed by atoms with Crippen LogP contribution in [-0.4, -0.2) is 0 Å². The lowest BCUT2D eigenvalue weighted by atomic mass is 9.98. The van der Waals surface area contributed by atoms with Crippen molar-refractivity contribution in [3.63, 3.8) is 0 Å². The maximum Gasteiger partial charge on any atom is -0.00107 e. The number of hydrogen-bond acceptors (Lipinski definition) is 0. The number of fused-ring (bicyclic) bond motifs is 3.